The molecule has 1 saturated heterocycles. The highest BCUT2D eigenvalue weighted by atomic mass is 16.5. The molecule has 3 aromatic carbocycles. The van der Waals surface area contributed by atoms with Gasteiger partial charge < -0.3 is 24.8 Å². The summed E-state index contributed by atoms with van der Waals surface area (Å²) in [6.45, 7) is 4.08. The standard InChI is InChI=1S/C30H34N2O5/c1-20-8-7-9-25(32-16-5-4-6-17-32)28(20)29(22-11-13-23(36-2)14-12-22)31-27(33)19-21-10-15-24(30(34)35)26(18-21)37-3/h7-15,18,29H,4-6,16-17,19H2,1-3H3,(H,31,33)(H,34,35). The van der Waals surface area contributed by atoms with Crippen LogP contribution < -0.4 is 19.7 Å². The van der Waals surface area contributed by atoms with E-state index in [1.165, 1.54) is 19.6 Å². The van der Waals surface area contributed by atoms with Gasteiger partial charge in [-0.25, -0.2) is 4.79 Å². The quantitative estimate of drug-likeness (QED) is 0.421. The third-order valence-electron chi connectivity index (χ3n) is 6.90. The highest BCUT2D eigenvalue weighted by molar-refractivity contribution is 5.91. The Morgan fingerprint density at radius 2 is 1.70 bits per heavy atom. The maximum absolute atomic E-state index is 13.4. The van der Waals surface area contributed by atoms with Gasteiger partial charge in [0.25, 0.3) is 0 Å². The number of carbonyl (C=O) groups excluding carboxylic acids is 1. The molecule has 1 fully saturated rings. The number of hydrogen-bond donors (Lipinski definition) is 2. The topological polar surface area (TPSA) is 88.1 Å². The van der Waals surface area contributed by atoms with Gasteiger partial charge in [0, 0.05) is 24.3 Å². The molecule has 0 spiro atoms. The van der Waals surface area contributed by atoms with Gasteiger partial charge in [-0.1, -0.05) is 30.3 Å². The van der Waals surface area contributed by atoms with E-state index in [-0.39, 0.29) is 29.7 Å². The minimum Gasteiger partial charge on any atom is -0.497 e. The second-order valence-electron chi connectivity index (χ2n) is 9.35. The number of carbonyl (C=O) groups is 2. The summed E-state index contributed by atoms with van der Waals surface area (Å²) in [4.78, 5) is 27.3. The Kier molecular flexibility index (Phi) is 8.33. The van der Waals surface area contributed by atoms with Crippen molar-refractivity contribution >= 4 is 17.6 Å². The van der Waals surface area contributed by atoms with Crippen LogP contribution in [0.3, 0.4) is 0 Å². The molecule has 0 bridgehead atoms. The Bertz CT molecular complexity index is 1250. The lowest BCUT2D eigenvalue weighted by Gasteiger charge is -2.34. The van der Waals surface area contributed by atoms with Crippen molar-refractivity contribution in [1.82, 2.24) is 5.32 Å². The molecule has 2 N–H and O–H groups in total. The number of methoxy groups -OCH3 is 2. The first-order valence-corrected chi connectivity index (χ1v) is 12.6. The monoisotopic (exact) mass is 502 g/mol. The number of benzene rings is 3. The summed E-state index contributed by atoms with van der Waals surface area (Å²) in [5.41, 5.74) is 5.04. The zero-order valence-electron chi connectivity index (χ0n) is 21.6. The molecule has 0 radical (unpaired) electrons. The summed E-state index contributed by atoms with van der Waals surface area (Å²) < 4.78 is 10.6. The number of aryl methyl sites for hydroxylation is 1. The number of carboxylic acids is 1. The normalized spacial score (nSPS) is 14.1. The molecule has 37 heavy (non-hydrogen) atoms. The van der Waals surface area contributed by atoms with E-state index in [1.54, 1.807) is 19.2 Å². The first-order valence-electron chi connectivity index (χ1n) is 12.6. The van der Waals surface area contributed by atoms with E-state index in [0.29, 0.717) is 5.56 Å². The fourth-order valence-electron chi connectivity index (χ4n) is 4.99. The highest BCUT2D eigenvalue weighted by Crippen LogP contribution is 2.35. The number of amides is 1. The molecule has 1 aliphatic rings. The van der Waals surface area contributed by atoms with Gasteiger partial charge in [0.2, 0.25) is 5.91 Å². The van der Waals surface area contributed by atoms with Crippen molar-refractivity contribution in [2.75, 3.05) is 32.2 Å². The number of anilines is 1. The Hall–Kier alpha value is -4.00. The zero-order valence-corrected chi connectivity index (χ0v) is 21.6. The van der Waals surface area contributed by atoms with Crippen LogP contribution in [0.5, 0.6) is 11.5 Å². The van der Waals surface area contributed by atoms with Crippen LogP contribution in [0.25, 0.3) is 0 Å². The van der Waals surface area contributed by atoms with Gasteiger partial charge >= 0.3 is 5.97 Å². The fraction of sp³-hybridized carbons (Fsp3) is 0.333. The number of rotatable bonds is 9. The van der Waals surface area contributed by atoms with Crippen LogP contribution in [0.15, 0.2) is 60.7 Å². The molecule has 0 aromatic heterocycles. The predicted molar refractivity (Wildman–Crippen MR) is 144 cm³/mol. The van der Waals surface area contributed by atoms with Crippen LogP contribution >= 0.6 is 0 Å². The number of ether oxygens (including phenoxy) is 2. The van der Waals surface area contributed by atoms with Gasteiger partial charge in [0.05, 0.1) is 26.7 Å². The molecule has 1 atom stereocenters. The van der Waals surface area contributed by atoms with Gasteiger partial charge in [-0.3, -0.25) is 4.79 Å². The zero-order chi connectivity index (χ0) is 26.4. The Morgan fingerprint density at radius 3 is 2.35 bits per heavy atom. The molecule has 194 valence electrons. The lowest BCUT2D eigenvalue weighted by atomic mass is 9.91. The molecule has 3 aromatic rings. The van der Waals surface area contributed by atoms with Gasteiger partial charge in [-0.2, -0.15) is 0 Å². The van der Waals surface area contributed by atoms with Crippen LogP contribution in [0.1, 0.15) is 57.9 Å². The summed E-state index contributed by atoms with van der Waals surface area (Å²) in [7, 11) is 3.06. The van der Waals surface area contributed by atoms with Crippen LogP contribution in [-0.2, 0) is 11.2 Å². The molecule has 4 rings (SSSR count). The van der Waals surface area contributed by atoms with Crippen LogP contribution in [0.2, 0.25) is 0 Å². The van der Waals surface area contributed by atoms with Crippen LogP contribution in [0, 0.1) is 6.92 Å². The highest BCUT2D eigenvalue weighted by Gasteiger charge is 2.25. The molecule has 1 aliphatic heterocycles. The maximum Gasteiger partial charge on any atom is 0.339 e. The Labute approximate surface area is 218 Å². The summed E-state index contributed by atoms with van der Waals surface area (Å²) >= 11 is 0. The third kappa shape index (κ3) is 6.05. The first-order chi connectivity index (χ1) is 17.9. The minimum atomic E-state index is -1.07. The Balaban J connectivity index is 1.68. The van der Waals surface area contributed by atoms with Gasteiger partial charge in [-0.15, -0.1) is 0 Å². The molecule has 0 aliphatic carbocycles. The van der Waals surface area contributed by atoms with E-state index in [1.807, 2.05) is 24.3 Å². The van der Waals surface area contributed by atoms with E-state index < -0.39 is 5.97 Å². The average Bonchev–Trinajstić information content (AvgIpc) is 2.92. The lowest BCUT2D eigenvalue weighted by molar-refractivity contribution is -0.120. The smallest absolute Gasteiger partial charge is 0.339 e. The SMILES string of the molecule is COc1ccc(C(NC(=O)Cc2ccc(C(=O)O)c(OC)c2)c2c(C)cccc2N2CCCCC2)cc1. The van der Waals surface area contributed by atoms with Gasteiger partial charge in [-0.05, 0) is 73.2 Å². The lowest BCUT2D eigenvalue weighted by Crippen LogP contribution is -2.35. The molecule has 7 heteroatoms. The van der Waals surface area contributed by atoms with Crippen molar-refractivity contribution in [2.45, 2.75) is 38.6 Å². The van der Waals surface area contributed by atoms with Crippen LogP contribution in [0.4, 0.5) is 5.69 Å². The number of carboxylic acid groups (broad SMARTS) is 1. The molecule has 1 heterocycles. The summed E-state index contributed by atoms with van der Waals surface area (Å²) in [5, 5.41) is 12.6. The van der Waals surface area contributed by atoms with Crippen molar-refractivity contribution in [3.05, 3.63) is 88.5 Å². The second kappa shape index (κ2) is 11.8. The summed E-state index contributed by atoms with van der Waals surface area (Å²) in [5.74, 6) is -0.257. The summed E-state index contributed by atoms with van der Waals surface area (Å²) in [6.07, 6.45) is 3.64. The van der Waals surface area contributed by atoms with Crippen molar-refractivity contribution in [2.24, 2.45) is 0 Å². The third-order valence-corrected chi connectivity index (χ3v) is 6.90. The van der Waals surface area contributed by atoms with E-state index in [4.69, 9.17) is 9.47 Å². The largest absolute Gasteiger partial charge is 0.497 e. The maximum atomic E-state index is 13.4. The second-order valence-corrected chi connectivity index (χ2v) is 9.35. The average molecular weight is 503 g/mol. The number of nitrogens with zero attached hydrogens (tertiary/aromatic N) is 1. The molecule has 1 unspecified atom stereocenters. The fourth-order valence-corrected chi connectivity index (χ4v) is 4.99. The number of nitrogens with one attached hydrogen (secondary N) is 1. The predicted octanol–water partition coefficient (Wildman–Crippen LogP) is 5.15. The number of hydrogen-bond acceptors (Lipinski definition) is 5. The first kappa shape index (κ1) is 26.1. The molecular weight excluding hydrogens is 468 g/mol. The van der Waals surface area contributed by atoms with Gasteiger partial charge in [0.15, 0.2) is 0 Å². The van der Waals surface area contributed by atoms with Crippen molar-refractivity contribution < 1.29 is 24.2 Å². The number of piperidine rings is 1. The Morgan fingerprint density at radius 1 is 0.973 bits per heavy atom. The van der Waals surface area contributed by atoms with Gasteiger partial charge in [0.1, 0.15) is 17.1 Å². The van der Waals surface area contributed by atoms with E-state index in [2.05, 4.69) is 35.3 Å². The molecular formula is C30H34N2O5. The summed E-state index contributed by atoms with van der Waals surface area (Å²) in [6, 6.07) is 18.5. The van der Waals surface area contributed by atoms with Crippen LogP contribution in [-0.4, -0.2) is 44.3 Å². The van der Waals surface area contributed by atoms with E-state index in [0.717, 1.165) is 54.1 Å². The number of aromatic carboxylic acids is 1. The van der Waals surface area contributed by atoms with Crippen molar-refractivity contribution in [3.8, 4) is 11.5 Å². The molecule has 7 nitrogen and oxygen atoms in total. The van der Waals surface area contributed by atoms with Crippen molar-refractivity contribution in [1.29, 1.82) is 0 Å². The van der Waals surface area contributed by atoms with E-state index >= 15 is 0 Å². The van der Waals surface area contributed by atoms with E-state index in [9.17, 15) is 14.7 Å². The van der Waals surface area contributed by atoms with Crippen molar-refractivity contribution in [3.63, 3.8) is 0 Å². The minimum absolute atomic E-state index is 0.0638. The molecule has 0 saturated carbocycles. The molecule has 1 amide bonds.